The van der Waals surface area contributed by atoms with Gasteiger partial charge in [-0.3, -0.25) is 14.6 Å². The summed E-state index contributed by atoms with van der Waals surface area (Å²) in [5.41, 5.74) is 1.08. The van der Waals surface area contributed by atoms with E-state index in [9.17, 15) is 4.79 Å². The quantitative estimate of drug-likeness (QED) is 0.858. The van der Waals surface area contributed by atoms with E-state index in [-0.39, 0.29) is 4.87 Å². The van der Waals surface area contributed by atoms with Crippen molar-refractivity contribution < 1.29 is 0 Å². The zero-order valence-electron chi connectivity index (χ0n) is 10.0. The standard InChI is InChI=1S/C12H19N3OS/c16-12-13-10(9-17-12)7-14-4-2-6-15-5-1-3-11(15)8-14/h9,11H,1-8H2,(H,13,16). The second kappa shape index (κ2) is 4.92. The number of nitrogens with one attached hydrogen (secondary N) is 1. The van der Waals surface area contributed by atoms with Crippen LogP contribution in [0.5, 0.6) is 0 Å². The van der Waals surface area contributed by atoms with Gasteiger partial charge in [-0.15, -0.1) is 0 Å². The molecule has 2 aliphatic rings. The lowest BCUT2D eigenvalue weighted by Gasteiger charge is -2.25. The molecule has 1 N–H and O–H groups in total. The minimum absolute atomic E-state index is 0.0670. The highest BCUT2D eigenvalue weighted by molar-refractivity contribution is 7.07. The van der Waals surface area contributed by atoms with Crippen molar-refractivity contribution in [1.82, 2.24) is 14.8 Å². The van der Waals surface area contributed by atoms with E-state index in [2.05, 4.69) is 14.8 Å². The Bertz CT molecular complexity index is 427. The predicted molar refractivity (Wildman–Crippen MR) is 69.4 cm³/mol. The topological polar surface area (TPSA) is 39.3 Å². The van der Waals surface area contributed by atoms with Crippen LogP contribution in [0.15, 0.2) is 10.2 Å². The van der Waals surface area contributed by atoms with E-state index in [4.69, 9.17) is 0 Å². The van der Waals surface area contributed by atoms with Crippen molar-refractivity contribution in [3.63, 3.8) is 0 Å². The lowest BCUT2D eigenvalue weighted by Crippen LogP contribution is -2.36. The molecule has 0 radical (unpaired) electrons. The third kappa shape index (κ3) is 2.61. The molecule has 0 spiro atoms. The summed E-state index contributed by atoms with van der Waals surface area (Å²) in [6.45, 7) is 5.76. The Hall–Kier alpha value is -0.650. The van der Waals surface area contributed by atoms with Gasteiger partial charge in [-0.05, 0) is 38.9 Å². The summed E-state index contributed by atoms with van der Waals surface area (Å²) in [5, 5.41) is 1.96. The molecular weight excluding hydrogens is 234 g/mol. The number of H-pyrrole nitrogens is 1. The van der Waals surface area contributed by atoms with Crippen molar-refractivity contribution in [2.24, 2.45) is 0 Å². The van der Waals surface area contributed by atoms with Gasteiger partial charge >= 0.3 is 4.87 Å². The number of aromatic amines is 1. The van der Waals surface area contributed by atoms with Crippen LogP contribution < -0.4 is 4.87 Å². The zero-order valence-corrected chi connectivity index (χ0v) is 10.8. The second-order valence-corrected chi connectivity index (χ2v) is 5.94. The first-order chi connectivity index (χ1) is 8.31. The van der Waals surface area contributed by atoms with Gasteiger partial charge in [0, 0.05) is 30.2 Å². The highest BCUT2D eigenvalue weighted by Gasteiger charge is 2.28. The maximum absolute atomic E-state index is 11.1. The minimum Gasteiger partial charge on any atom is -0.315 e. The highest BCUT2D eigenvalue weighted by atomic mass is 32.1. The van der Waals surface area contributed by atoms with E-state index in [0.717, 1.165) is 31.4 Å². The fourth-order valence-corrected chi connectivity index (χ4v) is 3.63. The summed E-state index contributed by atoms with van der Waals surface area (Å²) >= 11 is 1.27. The largest absolute Gasteiger partial charge is 0.315 e. The number of nitrogens with zero attached hydrogens (tertiary/aromatic N) is 2. The van der Waals surface area contributed by atoms with Gasteiger partial charge in [-0.2, -0.15) is 0 Å². The van der Waals surface area contributed by atoms with Gasteiger partial charge in [0.25, 0.3) is 0 Å². The summed E-state index contributed by atoms with van der Waals surface area (Å²) in [6, 6.07) is 0.753. The molecule has 5 heteroatoms. The molecule has 94 valence electrons. The van der Waals surface area contributed by atoms with Crippen molar-refractivity contribution in [3.8, 4) is 0 Å². The Morgan fingerprint density at radius 1 is 1.35 bits per heavy atom. The van der Waals surface area contributed by atoms with E-state index >= 15 is 0 Å². The van der Waals surface area contributed by atoms with Crippen molar-refractivity contribution in [3.05, 3.63) is 20.7 Å². The Morgan fingerprint density at radius 3 is 3.06 bits per heavy atom. The fraction of sp³-hybridized carbons (Fsp3) is 0.750. The third-order valence-electron chi connectivity index (χ3n) is 3.85. The van der Waals surface area contributed by atoms with Crippen LogP contribution in [0.25, 0.3) is 0 Å². The summed E-state index contributed by atoms with van der Waals surface area (Å²) in [6.07, 6.45) is 3.95. The number of hydrogen-bond donors (Lipinski definition) is 1. The van der Waals surface area contributed by atoms with Crippen LogP contribution in [0.3, 0.4) is 0 Å². The predicted octanol–water partition coefficient (Wildman–Crippen LogP) is 1.11. The normalized spacial score (nSPS) is 26.9. The summed E-state index contributed by atoms with van der Waals surface area (Å²) < 4.78 is 0. The lowest BCUT2D eigenvalue weighted by atomic mass is 10.2. The minimum atomic E-state index is 0.0670. The van der Waals surface area contributed by atoms with Crippen molar-refractivity contribution in [2.75, 3.05) is 26.2 Å². The SMILES string of the molecule is O=c1[nH]c(CN2CCCN3CCCC3C2)cs1. The van der Waals surface area contributed by atoms with E-state index in [1.807, 2.05) is 5.38 Å². The van der Waals surface area contributed by atoms with Crippen LogP contribution in [0.4, 0.5) is 0 Å². The molecule has 2 saturated heterocycles. The number of fused-ring (bicyclic) bond motifs is 1. The van der Waals surface area contributed by atoms with Gasteiger partial charge in [0.05, 0.1) is 0 Å². The molecule has 2 fully saturated rings. The first-order valence-corrected chi connectivity index (χ1v) is 7.32. The van der Waals surface area contributed by atoms with Crippen LogP contribution in [-0.4, -0.2) is 47.0 Å². The van der Waals surface area contributed by atoms with Crippen LogP contribution in [0.1, 0.15) is 25.0 Å². The molecule has 3 rings (SSSR count). The molecule has 1 atom stereocenters. The van der Waals surface area contributed by atoms with Gasteiger partial charge < -0.3 is 4.98 Å². The Balaban J connectivity index is 1.65. The van der Waals surface area contributed by atoms with Crippen molar-refractivity contribution in [2.45, 2.75) is 31.8 Å². The number of hydrogen-bond acceptors (Lipinski definition) is 4. The molecule has 3 heterocycles. The fourth-order valence-electron chi connectivity index (χ4n) is 3.06. The molecular formula is C12H19N3OS. The molecule has 0 aliphatic carbocycles. The molecule has 0 saturated carbocycles. The van der Waals surface area contributed by atoms with Crippen molar-refractivity contribution in [1.29, 1.82) is 0 Å². The summed E-state index contributed by atoms with van der Waals surface area (Å²) in [7, 11) is 0. The van der Waals surface area contributed by atoms with Crippen LogP contribution in [-0.2, 0) is 6.54 Å². The first-order valence-electron chi connectivity index (χ1n) is 6.44. The molecule has 0 amide bonds. The summed E-state index contributed by atoms with van der Waals surface area (Å²) in [4.78, 5) is 19.2. The molecule has 1 aromatic rings. The van der Waals surface area contributed by atoms with E-state index in [1.165, 1.54) is 43.7 Å². The van der Waals surface area contributed by atoms with Gasteiger partial charge in [-0.25, -0.2) is 0 Å². The molecule has 4 nitrogen and oxygen atoms in total. The van der Waals surface area contributed by atoms with Crippen LogP contribution in [0.2, 0.25) is 0 Å². The number of thiazole rings is 1. The van der Waals surface area contributed by atoms with E-state index < -0.39 is 0 Å². The Labute approximate surface area is 105 Å². The van der Waals surface area contributed by atoms with Gasteiger partial charge in [0.1, 0.15) is 0 Å². The molecule has 0 aromatic carbocycles. The average molecular weight is 253 g/mol. The molecule has 0 bridgehead atoms. The summed E-state index contributed by atoms with van der Waals surface area (Å²) in [5.74, 6) is 0. The van der Waals surface area contributed by atoms with E-state index in [1.54, 1.807) is 0 Å². The molecule has 1 unspecified atom stereocenters. The molecule has 2 aliphatic heterocycles. The maximum atomic E-state index is 11.1. The second-order valence-electron chi connectivity index (χ2n) is 5.09. The first kappa shape index (κ1) is 11.4. The third-order valence-corrected chi connectivity index (χ3v) is 4.57. The van der Waals surface area contributed by atoms with Gasteiger partial charge in [0.15, 0.2) is 0 Å². The average Bonchev–Trinajstić information content (AvgIpc) is 2.85. The molecule has 17 heavy (non-hydrogen) atoms. The van der Waals surface area contributed by atoms with E-state index in [0.29, 0.717) is 0 Å². The lowest BCUT2D eigenvalue weighted by molar-refractivity contribution is 0.214. The highest BCUT2D eigenvalue weighted by Crippen LogP contribution is 2.21. The smallest absolute Gasteiger partial charge is 0.304 e. The maximum Gasteiger partial charge on any atom is 0.304 e. The molecule has 1 aromatic heterocycles. The zero-order chi connectivity index (χ0) is 11.7. The van der Waals surface area contributed by atoms with Gasteiger partial charge in [-0.1, -0.05) is 11.3 Å². The van der Waals surface area contributed by atoms with Gasteiger partial charge in [0.2, 0.25) is 0 Å². The van der Waals surface area contributed by atoms with Crippen LogP contribution >= 0.6 is 11.3 Å². The Kier molecular flexibility index (Phi) is 3.31. The number of rotatable bonds is 2. The Morgan fingerprint density at radius 2 is 2.24 bits per heavy atom. The number of aromatic nitrogens is 1. The monoisotopic (exact) mass is 253 g/mol. The van der Waals surface area contributed by atoms with Crippen molar-refractivity contribution >= 4 is 11.3 Å². The van der Waals surface area contributed by atoms with Crippen LogP contribution in [0, 0.1) is 0 Å².